The summed E-state index contributed by atoms with van der Waals surface area (Å²) >= 11 is 7.14. The van der Waals surface area contributed by atoms with Crippen LogP contribution >= 0.6 is 22.9 Å². The quantitative estimate of drug-likeness (QED) is 0.731. The molecule has 1 atom stereocenters. The number of nitrogens with one attached hydrogen (secondary N) is 1. The third-order valence-corrected chi connectivity index (χ3v) is 7.15. The molecule has 0 spiro atoms. The first-order valence-corrected chi connectivity index (χ1v) is 10.9. The van der Waals surface area contributed by atoms with Crippen molar-refractivity contribution in [1.82, 2.24) is 10.2 Å². The predicted molar refractivity (Wildman–Crippen MR) is 103 cm³/mol. The molecule has 27 heavy (non-hydrogen) atoms. The van der Waals surface area contributed by atoms with Crippen molar-refractivity contribution in [1.29, 1.82) is 0 Å². The summed E-state index contributed by atoms with van der Waals surface area (Å²) < 4.78 is 22.6. The zero-order chi connectivity index (χ0) is 19.6. The second-order valence-electron chi connectivity index (χ2n) is 6.25. The molecule has 1 fully saturated rings. The smallest absolute Gasteiger partial charge is 0.247 e. The van der Waals surface area contributed by atoms with Gasteiger partial charge in [-0.05, 0) is 23.8 Å². The number of likely N-dealkylation sites (tertiary alicyclic amines) is 1. The average Bonchev–Trinajstić information content (AvgIpc) is 3.22. The largest absolute Gasteiger partial charge is 0.351 e. The first-order chi connectivity index (χ1) is 12.7. The monoisotopic (exact) mass is 427 g/mol. The second kappa shape index (κ2) is 7.97. The molecule has 2 aromatic rings. The van der Waals surface area contributed by atoms with Gasteiger partial charge in [0.1, 0.15) is 4.21 Å². The van der Waals surface area contributed by atoms with Gasteiger partial charge in [-0.15, -0.1) is 11.3 Å². The van der Waals surface area contributed by atoms with Gasteiger partial charge in [0.05, 0.1) is 12.5 Å². The van der Waals surface area contributed by atoms with Gasteiger partial charge in [-0.25, -0.2) is 13.6 Å². The Hall–Kier alpha value is -1.94. The Morgan fingerprint density at radius 2 is 2.04 bits per heavy atom. The van der Waals surface area contributed by atoms with Crippen LogP contribution in [-0.4, -0.2) is 31.7 Å². The highest BCUT2D eigenvalue weighted by molar-refractivity contribution is 7.91. The minimum Gasteiger partial charge on any atom is -0.351 e. The molecule has 1 aromatic heterocycles. The molecule has 1 unspecified atom stereocenters. The van der Waals surface area contributed by atoms with E-state index in [1.54, 1.807) is 17.0 Å². The summed E-state index contributed by atoms with van der Waals surface area (Å²) in [6.07, 6.45) is 0.142. The van der Waals surface area contributed by atoms with E-state index in [4.69, 9.17) is 16.7 Å². The van der Waals surface area contributed by atoms with Crippen LogP contribution < -0.4 is 10.5 Å². The minimum absolute atomic E-state index is 0.0497. The Balaban J connectivity index is 1.56. The third kappa shape index (κ3) is 4.86. The summed E-state index contributed by atoms with van der Waals surface area (Å²) in [7, 11) is -3.74. The normalized spacial score (nSPS) is 17.3. The predicted octanol–water partition coefficient (Wildman–Crippen LogP) is 1.71. The number of primary sulfonamides is 1. The maximum absolute atomic E-state index is 12.4. The maximum Gasteiger partial charge on any atom is 0.247 e. The summed E-state index contributed by atoms with van der Waals surface area (Å²) in [4.78, 5) is 26.9. The van der Waals surface area contributed by atoms with Gasteiger partial charge in [-0.1, -0.05) is 29.8 Å². The van der Waals surface area contributed by atoms with E-state index < -0.39 is 15.9 Å². The number of nitrogens with zero attached hydrogens (tertiary/aromatic N) is 1. The van der Waals surface area contributed by atoms with Crippen LogP contribution in [0.5, 0.6) is 0 Å². The number of thiophene rings is 1. The summed E-state index contributed by atoms with van der Waals surface area (Å²) in [5.41, 5.74) is 0.836. The number of hydrogen-bond acceptors (Lipinski definition) is 5. The Morgan fingerprint density at radius 1 is 1.30 bits per heavy atom. The molecular weight excluding hydrogens is 410 g/mol. The van der Waals surface area contributed by atoms with Crippen LogP contribution in [0.2, 0.25) is 5.02 Å². The zero-order valence-corrected chi connectivity index (χ0v) is 16.6. The summed E-state index contributed by atoms with van der Waals surface area (Å²) in [6, 6.07) is 10.3. The lowest BCUT2D eigenvalue weighted by Crippen LogP contribution is -2.32. The molecule has 10 heteroatoms. The van der Waals surface area contributed by atoms with Gasteiger partial charge in [0.2, 0.25) is 21.8 Å². The number of halogens is 1. The highest BCUT2D eigenvalue weighted by Gasteiger charge is 2.34. The van der Waals surface area contributed by atoms with E-state index in [1.807, 2.05) is 18.2 Å². The number of carbonyl (C=O) groups is 2. The van der Waals surface area contributed by atoms with Crippen LogP contribution in [0, 0.1) is 5.92 Å². The van der Waals surface area contributed by atoms with Crippen LogP contribution in [-0.2, 0) is 32.7 Å². The number of sulfonamides is 1. The average molecular weight is 428 g/mol. The van der Waals surface area contributed by atoms with Gasteiger partial charge in [-0.3, -0.25) is 9.59 Å². The topological polar surface area (TPSA) is 110 Å². The van der Waals surface area contributed by atoms with Gasteiger partial charge in [0.25, 0.3) is 0 Å². The zero-order valence-electron chi connectivity index (χ0n) is 14.2. The highest BCUT2D eigenvalue weighted by Crippen LogP contribution is 2.24. The molecule has 0 aliphatic carbocycles. The van der Waals surface area contributed by atoms with Gasteiger partial charge >= 0.3 is 0 Å². The van der Waals surface area contributed by atoms with E-state index >= 15 is 0 Å². The van der Waals surface area contributed by atoms with E-state index in [0.717, 1.165) is 16.9 Å². The van der Waals surface area contributed by atoms with Crippen molar-refractivity contribution in [2.75, 3.05) is 6.54 Å². The molecule has 1 saturated heterocycles. The maximum atomic E-state index is 12.4. The lowest BCUT2D eigenvalue weighted by molar-refractivity contribution is -0.129. The fourth-order valence-electron chi connectivity index (χ4n) is 2.86. The molecule has 2 amide bonds. The van der Waals surface area contributed by atoms with Crippen LogP contribution in [0.3, 0.4) is 0 Å². The Morgan fingerprint density at radius 3 is 2.70 bits per heavy atom. The first kappa shape index (κ1) is 19.8. The van der Waals surface area contributed by atoms with Gasteiger partial charge in [0, 0.05) is 29.4 Å². The molecular formula is C17H18ClN3O4S2. The standard InChI is InChI=1S/C17H18ClN3O4S2/c18-14-4-2-1-3-11(14)9-21-10-12(7-15(21)22)17(23)20-8-13-5-6-16(26-13)27(19,24)25/h1-6,12H,7-10H2,(H,20,23)(H2,19,24,25). The number of hydrogen-bond donors (Lipinski definition) is 2. The lowest BCUT2D eigenvalue weighted by atomic mass is 10.1. The summed E-state index contributed by atoms with van der Waals surface area (Å²) in [5, 5.41) is 8.41. The Bertz CT molecular complexity index is 974. The van der Waals surface area contributed by atoms with Crippen molar-refractivity contribution >= 4 is 44.8 Å². The van der Waals surface area contributed by atoms with E-state index in [-0.39, 0.29) is 29.0 Å². The van der Waals surface area contributed by atoms with Crippen LogP contribution in [0.1, 0.15) is 16.9 Å². The van der Waals surface area contributed by atoms with Gasteiger partial charge < -0.3 is 10.2 Å². The van der Waals surface area contributed by atoms with E-state index in [9.17, 15) is 18.0 Å². The van der Waals surface area contributed by atoms with Crippen molar-refractivity contribution in [2.24, 2.45) is 11.1 Å². The third-order valence-electron chi connectivity index (χ3n) is 4.26. The van der Waals surface area contributed by atoms with Crippen molar-refractivity contribution in [3.63, 3.8) is 0 Å². The van der Waals surface area contributed by atoms with Crippen LogP contribution in [0.25, 0.3) is 0 Å². The number of carbonyl (C=O) groups excluding carboxylic acids is 2. The molecule has 3 N–H and O–H groups in total. The fraction of sp³-hybridized carbons (Fsp3) is 0.294. The molecule has 0 radical (unpaired) electrons. The number of nitrogens with two attached hydrogens (primary N) is 1. The molecule has 0 bridgehead atoms. The number of amides is 2. The van der Waals surface area contributed by atoms with Crippen molar-refractivity contribution in [3.8, 4) is 0 Å². The molecule has 0 saturated carbocycles. The molecule has 2 heterocycles. The molecule has 1 aliphatic heterocycles. The molecule has 1 aliphatic rings. The van der Waals surface area contributed by atoms with Gasteiger partial charge in [-0.2, -0.15) is 0 Å². The molecule has 1 aromatic carbocycles. The Kier molecular flexibility index (Phi) is 5.85. The lowest BCUT2D eigenvalue weighted by Gasteiger charge is -2.17. The van der Waals surface area contributed by atoms with E-state index in [0.29, 0.717) is 23.0 Å². The summed E-state index contributed by atoms with van der Waals surface area (Å²) in [5.74, 6) is -0.782. The second-order valence-corrected chi connectivity index (χ2v) is 9.61. The van der Waals surface area contributed by atoms with Crippen LogP contribution in [0.4, 0.5) is 0 Å². The summed E-state index contributed by atoms with van der Waals surface area (Å²) in [6.45, 7) is 0.877. The Labute approximate surface area is 166 Å². The minimum atomic E-state index is -3.74. The number of rotatable bonds is 6. The van der Waals surface area contributed by atoms with E-state index in [1.165, 1.54) is 6.07 Å². The van der Waals surface area contributed by atoms with Crippen molar-refractivity contribution in [3.05, 3.63) is 51.9 Å². The fourth-order valence-corrected chi connectivity index (χ4v) is 4.77. The first-order valence-electron chi connectivity index (χ1n) is 8.14. The molecule has 3 rings (SSSR count). The molecule has 144 valence electrons. The van der Waals surface area contributed by atoms with Gasteiger partial charge in [0.15, 0.2) is 0 Å². The number of benzene rings is 1. The SMILES string of the molecule is NS(=O)(=O)c1ccc(CNC(=O)C2CC(=O)N(Cc3ccccc3Cl)C2)s1. The van der Waals surface area contributed by atoms with Crippen molar-refractivity contribution in [2.45, 2.75) is 23.7 Å². The van der Waals surface area contributed by atoms with Crippen molar-refractivity contribution < 1.29 is 18.0 Å². The molecule has 7 nitrogen and oxygen atoms in total. The van der Waals surface area contributed by atoms with E-state index in [2.05, 4.69) is 5.32 Å². The highest BCUT2D eigenvalue weighted by atomic mass is 35.5. The van der Waals surface area contributed by atoms with Crippen LogP contribution in [0.15, 0.2) is 40.6 Å².